The highest BCUT2D eigenvalue weighted by Gasteiger charge is 2.21. The van der Waals surface area contributed by atoms with Crippen LogP contribution in [0, 0.1) is 6.92 Å². The molecule has 7 heteroatoms. The number of carboxylic acid groups (broad SMARTS) is 1. The number of aryl methyl sites for hydroxylation is 1. The first-order valence-corrected chi connectivity index (χ1v) is 6.30. The van der Waals surface area contributed by atoms with Gasteiger partial charge in [0.05, 0.1) is 6.54 Å². The third-order valence-electron chi connectivity index (χ3n) is 2.76. The summed E-state index contributed by atoms with van der Waals surface area (Å²) in [5, 5.41) is 17.9. The molecule has 1 aromatic carbocycles. The molecule has 0 aliphatic heterocycles. The molecule has 110 valence electrons. The van der Waals surface area contributed by atoms with Crippen molar-refractivity contribution in [3.8, 4) is 0 Å². The highest BCUT2D eigenvalue weighted by atomic mass is 16.5. The van der Waals surface area contributed by atoms with Gasteiger partial charge in [-0.25, -0.2) is 9.59 Å². The van der Waals surface area contributed by atoms with Crippen LogP contribution in [-0.4, -0.2) is 22.3 Å². The van der Waals surface area contributed by atoms with Crippen LogP contribution >= 0.6 is 0 Å². The van der Waals surface area contributed by atoms with Crippen LogP contribution < -0.4 is 10.6 Å². The van der Waals surface area contributed by atoms with E-state index in [0.29, 0.717) is 17.0 Å². The Labute approximate surface area is 120 Å². The fraction of sp³-hybridized carbons (Fsp3) is 0.214. The first-order valence-electron chi connectivity index (χ1n) is 6.30. The standard InChI is InChI=1S/C14H15N3O4/c1-9-7-11(17-21-9)8-15-14(20)16-12(13(18)19)10-5-3-2-4-6-10/h2-7,12H,8H2,1H3,(H,18,19)(H2,15,16,20)/t12-/m1/s1. The van der Waals surface area contributed by atoms with E-state index in [1.54, 1.807) is 43.3 Å². The molecule has 3 N–H and O–H groups in total. The van der Waals surface area contributed by atoms with Gasteiger partial charge in [-0.05, 0) is 12.5 Å². The maximum atomic E-state index is 11.8. The van der Waals surface area contributed by atoms with Crippen molar-refractivity contribution in [3.63, 3.8) is 0 Å². The number of urea groups is 1. The number of hydrogen-bond acceptors (Lipinski definition) is 4. The highest BCUT2D eigenvalue weighted by Crippen LogP contribution is 2.12. The summed E-state index contributed by atoms with van der Waals surface area (Å²) in [5.74, 6) is -0.492. The van der Waals surface area contributed by atoms with E-state index in [9.17, 15) is 14.7 Å². The van der Waals surface area contributed by atoms with Gasteiger partial charge in [-0.3, -0.25) is 0 Å². The lowest BCUT2D eigenvalue weighted by Crippen LogP contribution is -2.40. The fourth-order valence-corrected chi connectivity index (χ4v) is 1.79. The van der Waals surface area contributed by atoms with E-state index >= 15 is 0 Å². The largest absolute Gasteiger partial charge is 0.479 e. The second-order valence-electron chi connectivity index (χ2n) is 4.44. The molecule has 0 saturated carbocycles. The van der Waals surface area contributed by atoms with Crippen molar-refractivity contribution in [3.05, 3.63) is 53.4 Å². The zero-order chi connectivity index (χ0) is 15.2. The number of carbonyl (C=O) groups is 2. The first kappa shape index (κ1) is 14.6. The summed E-state index contributed by atoms with van der Waals surface area (Å²) in [6.45, 7) is 1.90. The van der Waals surface area contributed by atoms with Gasteiger partial charge in [0.2, 0.25) is 0 Å². The zero-order valence-electron chi connectivity index (χ0n) is 11.4. The number of benzene rings is 1. The lowest BCUT2D eigenvalue weighted by molar-refractivity contribution is -0.139. The molecule has 0 fully saturated rings. The summed E-state index contributed by atoms with van der Waals surface area (Å²) < 4.78 is 4.87. The number of nitrogens with one attached hydrogen (secondary N) is 2. The molecule has 2 aromatic rings. The normalized spacial score (nSPS) is 11.7. The van der Waals surface area contributed by atoms with Gasteiger partial charge in [0.25, 0.3) is 0 Å². The second kappa shape index (κ2) is 6.56. The van der Waals surface area contributed by atoms with Crippen LogP contribution in [-0.2, 0) is 11.3 Å². The number of nitrogens with zero attached hydrogens (tertiary/aromatic N) is 1. The van der Waals surface area contributed by atoms with E-state index in [0.717, 1.165) is 0 Å². The average Bonchev–Trinajstić information content (AvgIpc) is 2.89. The number of carbonyl (C=O) groups excluding carboxylic acids is 1. The van der Waals surface area contributed by atoms with Gasteiger partial charge in [0, 0.05) is 6.07 Å². The smallest absolute Gasteiger partial charge is 0.330 e. The Hall–Kier alpha value is -2.83. The van der Waals surface area contributed by atoms with Gasteiger partial charge >= 0.3 is 12.0 Å². The summed E-state index contributed by atoms with van der Waals surface area (Å²) in [6, 6.07) is 8.46. The lowest BCUT2D eigenvalue weighted by Gasteiger charge is -2.15. The van der Waals surface area contributed by atoms with Gasteiger partial charge in [0.1, 0.15) is 11.5 Å². The van der Waals surface area contributed by atoms with Gasteiger partial charge < -0.3 is 20.3 Å². The van der Waals surface area contributed by atoms with Crippen molar-refractivity contribution in [2.45, 2.75) is 19.5 Å². The van der Waals surface area contributed by atoms with Crippen molar-refractivity contribution < 1.29 is 19.2 Å². The van der Waals surface area contributed by atoms with Crippen LogP contribution in [0.25, 0.3) is 0 Å². The molecule has 2 rings (SSSR count). The number of amides is 2. The van der Waals surface area contributed by atoms with E-state index in [4.69, 9.17) is 4.52 Å². The van der Waals surface area contributed by atoms with E-state index in [1.165, 1.54) is 0 Å². The quantitative estimate of drug-likeness (QED) is 0.775. The van der Waals surface area contributed by atoms with E-state index in [1.807, 2.05) is 0 Å². The Morgan fingerprint density at radius 3 is 2.62 bits per heavy atom. The molecule has 0 unspecified atom stereocenters. The van der Waals surface area contributed by atoms with Gasteiger partial charge in [-0.2, -0.15) is 0 Å². The Balaban J connectivity index is 1.94. The molecule has 1 aromatic heterocycles. The summed E-state index contributed by atoms with van der Waals surface area (Å²) in [6.07, 6.45) is 0. The van der Waals surface area contributed by atoms with E-state index in [2.05, 4.69) is 15.8 Å². The third-order valence-corrected chi connectivity index (χ3v) is 2.76. The van der Waals surface area contributed by atoms with Gasteiger partial charge in [-0.15, -0.1) is 0 Å². The third kappa shape index (κ3) is 4.07. The Morgan fingerprint density at radius 2 is 2.05 bits per heavy atom. The number of aromatic nitrogens is 1. The molecule has 21 heavy (non-hydrogen) atoms. The highest BCUT2D eigenvalue weighted by molar-refractivity contribution is 5.83. The Morgan fingerprint density at radius 1 is 1.33 bits per heavy atom. The van der Waals surface area contributed by atoms with Crippen LogP contribution in [0.15, 0.2) is 40.9 Å². The molecule has 0 saturated heterocycles. The molecule has 0 aliphatic carbocycles. The van der Waals surface area contributed by atoms with Crippen LogP contribution in [0.2, 0.25) is 0 Å². The molecule has 1 heterocycles. The maximum absolute atomic E-state index is 11.8. The zero-order valence-corrected chi connectivity index (χ0v) is 11.4. The van der Waals surface area contributed by atoms with Gasteiger partial charge in [-0.1, -0.05) is 35.5 Å². The molecule has 0 radical (unpaired) electrons. The molecule has 1 atom stereocenters. The second-order valence-corrected chi connectivity index (χ2v) is 4.44. The van der Waals surface area contributed by atoms with Crippen LogP contribution in [0.5, 0.6) is 0 Å². The van der Waals surface area contributed by atoms with Gasteiger partial charge in [0.15, 0.2) is 6.04 Å². The fourth-order valence-electron chi connectivity index (χ4n) is 1.79. The molecular weight excluding hydrogens is 274 g/mol. The average molecular weight is 289 g/mol. The van der Waals surface area contributed by atoms with Crippen molar-refractivity contribution in [2.75, 3.05) is 0 Å². The maximum Gasteiger partial charge on any atom is 0.330 e. The van der Waals surface area contributed by atoms with Crippen LogP contribution in [0.4, 0.5) is 4.79 Å². The summed E-state index contributed by atoms with van der Waals surface area (Å²) in [5.41, 5.74) is 1.06. The minimum atomic E-state index is -1.13. The minimum Gasteiger partial charge on any atom is -0.479 e. The SMILES string of the molecule is Cc1cc(CNC(=O)N[C@@H](C(=O)O)c2ccccc2)no1. The summed E-state index contributed by atoms with van der Waals surface area (Å²) >= 11 is 0. The van der Waals surface area contributed by atoms with Crippen molar-refractivity contribution in [1.82, 2.24) is 15.8 Å². The Kier molecular flexibility index (Phi) is 4.55. The molecule has 2 amide bonds. The number of aliphatic carboxylic acids is 1. The summed E-state index contributed by atoms with van der Waals surface area (Å²) in [7, 11) is 0. The Bertz CT molecular complexity index is 624. The molecule has 0 aliphatic rings. The molecule has 0 spiro atoms. The van der Waals surface area contributed by atoms with E-state index < -0.39 is 18.0 Å². The van der Waals surface area contributed by atoms with Crippen LogP contribution in [0.3, 0.4) is 0 Å². The predicted molar refractivity (Wildman–Crippen MR) is 73.4 cm³/mol. The number of rotatable bonds is 5. The molecule has 0 bridgehead atoms. The van der Waals surface area contributed by atoms with Crippen molar-refractivity contribution in [2.24, 2.45) is 0 Å². The topological polar surface area (TPSA) is 104 Å². The minimum absolute atomic E-state index is 0.157. The number of carboxylic acids is 1. The lowest BCUT2D eigenvalue weighted by atomic mass is 10.1. The van der Waals surface area contributed by atoms with Crippen LogP contribution in [0.1, 0.15) is 23.1 Å². The van der Waals surface area contributed by atoms with Crippen molar-refractivity contribution >= 4 is 12.0 Å². The van der Waals surface area contributed by atoms with E-state index in [-0.39, 0.29) is 6.54 Å². The monoisotopic (exact) mass is 289 g/mol. The summed E-state index contributed by atoms with van der Waals surface area (Å²) in [4.78, 5) is 23.0. The number of hydrogen-bond donors (Lipinski definition) is 3. The predicted octanol–water partition coefficient (Wildman–Crippen LogP) is 1.61. The first-order chi connectivity index (χ1) is 10.1. The van der Waals surface area contributed by atoms with Crippen molar-refractivity contribution in [1.29, 1.82) is 0 Å². The molecular formula is C14H15N3O4. The molecule has 7 nitrogen and oxygen atoms in total.